The Hall–Kier alpha value is -1.64. The van der Waals surface area contributed by atoms with Gasteiger partial charge < -0.3 is 5.73 Å². The molecule has 0 bridgehead atoms. The molecule has 2 aromatic carbocycles. The van der Waals surface area contributed by atoms with Gasteiger partial charge in [0, 0.05) is 19.6 Å². The SMILES string of the molecule is CC(C)CC(CN)CN(Cc1ccccc1)Cc1ccccc1. The predicted octanol–water partition coefficient (Wildman–Crippen LogP) is 4.31. The fourth-order valence-corrected chi connectivity index (χ4v) is 3.15. The van der Waals surface area contributed by atoms with Crippen LogP contribution < -0.4 is 5.73 Å². The lowest BCUT2D eigenvalue weighted by atomic mass is 9.96. The van der Waals surface area contributed by atoms with Crippen LogP contribution >= 0.6 is 0 Å². The van der Waals surface area contributed by atoms with Crippen molar-refractivity contribution < 1.29 is 0 Å². The van der Waals surface area contributed by atoms with E-state index in [-0.39, 0.29) is 0 Å². The first-order chi connectivity index (χ1) is 11.2. The van der Waals surface area contributed by atoms with Crippen molar-refractivity contribution in [2.45, 2.75) is 33.4 Å². The fraction of sp³-hybridized carbons (Fsp3) is 0.429. The van der Waals surface area contributed by atoms with Gasteiger partial charge in [-0.15, -0.1) is 0 Å². The third-order valence-corrected chi connectivity index (χ3v) is 4.15. The average Bonchev–Trinajstić information content (AvgIpc) is 2.55. The van der Waals surface area contributed by atoms with Crippen molar-refractivity contribution in [3.8, 4) is 0 Å². The second-order valence-electron chi connectivity index (χ2n) is 6.87. The van der Waals surface area contributed by atoms with E-state index in [0.29, 0.717) is 11.8 Å². The molecule has 2 nitrogen and oxygen atoms in total. The Kier molecular flexibility index (Phi) is 7.31. The minimum atomic E-state index is 0.558. The molecule has 2 heteroatoms. The summed E-state index contributed by atoms with van der Waals surface area (Å²) >= 11 is 0. The molecule has 2 N–H and O–H groups in total. The van der Waals surface area contributed by atoms with E-state index in [1.54, 1.807) is 0 Å². The van der Waals surface area contributed by atoms with Crippen molar-refractivity contribution in [1.29, 1.82) is 0 Å². The molecule has 0 aliphatic carbocycles. The van der Waals surface area contributed by atoms with Crippen LogP contribution in [-0.4, -0.2) is 18.0 Å². The quantitative estimate of drug-likeness (QED) is 0.748. The zero-order valence-corrected chi connectivity index (χ0v) is 14.5. The third-order valence-electron chi connectivity index (χ3n) is 4.15. The molecule has 0 aromatic heterocycles. The van der Waals surface area contributed by atoms with E-state index in [1.165, 1.54) is 17.5 Å². The van der Waals surface area contributed by atoms with Crippen LogP contribution in [0, 0.1) is 11.8 Å². The molecule has 1 atom stereocenters. The standard InChI is InChI=1S/C21H30N2/c1-18(2)13-21(14-22)17-23(15-19-9-5-3-6-10-19)16-20-11-7-4-8-12-20/h3-12,18,21H,13-17,22H2,1-2H3. The summed E-state index contributed by atoms with van der Waals surface area (Å²) in [6.45, 7) is 8.33. The minimum absolute atomic E-state index is 0.558. The molecule has 0 saturated heterocycles. The molecule has 0 aliphatic rings. The summed E-state index contributed by atoms with van der Waals surface area (Å²) in [6.07, 6.45) is 1.19. The summed E-state index contributed by atoms with van der Waals surface area (Å²) in [5, 5.41) is 0. The van der Waals surface area contributed by atoms with Crippen LogP contribution in [0.5, 0.6) is 0 Å². The van der Waals surface area contributed by atoms with E-state index in [2.05, 4.69) is 79.4 Å². The zero-order chi connectivity index (χ0) is 16.5. The Bertz CT molecular complexity index is 495. The number of nitrogens with two attached hydrogens (primary N) is 1. The molecule has 124 valence electrons. The van der Waals surface area contributed by atoms with Gasteiger partial charge in [-0.05, 0) is 35.9 Å². The van der Waals surface area contributed by atoms with Crippen molar-refractivity contribution >= 4 is 0 Å². The van der Waals surface area contributed by atoms with Gasteiger partial charge in [-0.25, -0.2) is 0 Å². The first-order valence-corrected chi connectivity index (χ1v) is 8.67. The Morgan fingerprint density at radius 3 is 1.70 bits per heavy atom. The first-order valence-electron chi connectivity index (χ1n) is 8.67. The second kappa shape index (κ2) is 9.49. The molecule has 0 aliphatic heterocycles. The Labute approximate surface area is 141 Å². The highest BCUT2D eigenvalue weighted by molar-refractivity contribution is 5.17. The van der Waals surface area contributed by atoms with Crippen molar-refractivity contribution in [3.05, 3.63) is 71.8 Å². The molecule has 0 radical (unpaired) electrons. The van der Waals surface area contributed by atoms with Gasteiger partial charge >= 0.3 is 0 Å². The topological polar surface area (TPSA) is 29.3 Å². The molecule has 23 heavy (non-hydrogen) atoms. The number of nitrogens with zero attached hydrogens (tertiary/aromatic N) is 1. The molecule has 0 spiro atoms. The van der Waals surface area contributed by atoms with Crippen LogP contribution in [-0.2, 0) is 13.1 Å². The fourth-order valence-electron chi connectivity index (χ4n) is 3.15. The van der Waals surface area contributed by atoms with Gasteiger partial charge in [0.1, 0.15) is 0 Å². The predicted molar refractivity (Wildman–Crippen MR) is 99.0 cm³/mol. The summed E-state index contributed by atoms with van der Waals surface area (Å²) in [7, 11) is 0. The first kappa shape index (κ1) is 17.7. The van der Waals surface area contributed by atoms with Gasteiger partial charge in [-0.3, -0.25) is 4.90 Å². The van der Waals surface area contributed by atoms with Crippen LogP contribution in [0.2, 0.25) is 0 Å². The number of rotatable bonds is 9. The van der Waals surface area contributed by atoms with Crippen LogP contribution in [0.25, 0.3) is 0 Å². The molecular weight excluding hydrogens is 280 g/mol. The second-order valence-corrected chi connectivity index (χ2v) is 6.87. The minimum Gasteiger partial charge on any atom is -0.330 e. The Morgan fingerprint density at radius 2 is 1.30 bits per heavy atom. The summed E-state index contributed by atoms with van der Waals surface area (Å²) in [5.41, 5.74) is 8.76. The van der Waals surface area contributed by atoms with E-state index in [9.17, 15) is 0 Å². The van der Waals surface area contributed by atoms with Crippen molar-refractivity contribution in [2.75, 3.05) is 13.1 Å². The van der Waals surface area contributed by atoms with Gasteiger partial charge in [0.05, 0.1) is 0 Å². The Morgan fingerprint density at radius 1 is 0.826 bits per heavy atom. The zero-order valence-electron chi connectivity index (χ0n) is 14.5. The average molecular weight is 310 g/mol. The van der Waals surface area contributed by atoms with Gasteiger partial charge in [-0.1, -0.05) is 74.5 Å². The van der Waals surface area contributed by atoms with Gasteiger partial charge in [0.2, 0.25) is 0 Å². The van der Waals surface area contributed by atoms with E-state index in [1.807, 2.05) is 0 Å². The van der Waals surface area contributed by atoms with Crippen LogP contribution in [0.1, 0.15) is 31.4 Å². The highest BCUT2D eigenvalue weighted by Gasteiger charge is 2.15. The summed E-state index contributed by atoms with van der Waals surface area (Å²) < 4.78 is 0. The highest BCUT2D eigenvalue weighted by atomic mass is 15.1. The lowest BCUT2D eigenvalue weighted by Gasteiger charge is -2.28. The van der Waals surface area contributed by atoms with Crippen molar-refractivity contribution in [2.24, 2.45) is 17.6 Å². The highest BCUT2D eigenvalue weighted by Crippen LogP contribution is 2.16. The maximum atomic E-state index is 6.03. The van der Waals surface area contributed by atoms with Crippen LogP contribution in [0.15, 0.2) is 60.7 Å². The van der Waals surface area contributed by atoms with E-state index < -0.39 is 0 Å². The monoisotopic (exact) mass is 310 g/mol. The Balaban J connectivity index is 2.06. The summed E-state index contributed by atoms with van der Waals surface area (Å²) in [4.78, 5) is 2.53. The van der Waals surface area contributed by atoms with Crippen LogP contribution in [0.3, 0.4) is 0 Å². The maximum absolute atomic E-state index is 6.03. The van der Waals surface area contributed by atoms with E-state index in [0.717, 1.165) is 26.2 Å². The van der Waals surface area contributed by atoms with Gasteiger partial charge in [0.15, 0.2) is 0 Å². The van der Waals surface area contributed by atoms with Crippen molar-refractivity contribution in [1.82, 2.24) is 4.90 Å². The molecule has 2 rings (SSSR count). The smallest absolute Gasteiger partial charge is 0.0237 e. The molecule has 1 unspecified atom stereocenters. The maximum Gasteiger partial charge on any atom is 0.0237 e. The number of hydrogen-bond acceptors (Lipinski definition) is 2. The van der Waals surface area contributed by atoms with Gasteiger partial charge in [0.25, 0.3) is 0 Å². The van der Waals surface area contributed by atoms with Crippen LogP contribution in [0.4, 0.5) is 0 Å². The number of hydrogen-bond donors (Lipinski definition) is 1. The lowest BCUT2D eigenvalue weighted by molar-refractivity contribution is 0.202. The lowest BCUT2D eigenvalue weighted by Crippen LogP contribution is -2.33. The van der Waals surface area contributed by atoms with E-state index >= 15 is 0 Å². The molecular formula is C21H30N2. The summed E-state index contributed by atoms with van der Waals surface area (Å²) in [5.74, 6) is 1.25. The summed E-state index contributed by atoms with van der Waals surface area (Å²) in [6, 6.07) is 21.4. The normalized spacial score (nSPS) is 12.7. The molecule has 0 amide bonds. The van der Waals surface area contributed by atoms with Gasteiger partial charge in [-0.2, -0.15) is 0 Å². The largest absolute Gasteiger partial charge is 0.330 e. The van der Waals surface area contributed by atoms with Crippen molar-refractivity contribution in [3.63, 3.8) is 0 Å². The third kappa shape index (κ3) is 6.55. The molecule has 0 fully saturated rings. The molecule has 0 heterocycles. The number of benzene rings is 2. The van der Waals surface area contributed by atoms with E-state index in [4.69, 9.17) is 5.73 Å². The molecule has 2 aromatic rings. The molecule has 0 saturated carbocycles.